The van der Waals surface area contributed by atoms with Crippen LogP contribution in [0.15, 0.2) is 23.6 Å². The Morgan fingerprint density at radius 3 is 2.95 bits per heavy atom. The lowest BCUT2D eigenvalue weighted by Crippen LogP contribution is -2.15. The lowest BCUT2D eigenvalue weighted by molar-refractivity contribution is 0.102. The number of aliphatic hydroxyl groups is 1. The van der Waals surface area contributed by atoms with Gasteiger partial charge in [0.05, 0.1) is 12.2 Å². The van der Waals surface area contributed by atoms with Crippen molar-refractivity contribution in [2.75, 3.05) is 5.32 Å². The molecule has 1 aromatic carbocycles. The first kappa shape index (κ1) is 14.3. The van der Waals surface area contributed by atoms with Crippen molar-refractivity contribution in [3.05, 3.63) is 50.7 Å². The molecule has 1 heterocycles. The summed E-state index contributed by atoms with van der Waals surface area (Å²) in [4.78, 5) is 13.9. The molecule has 0 saturated heterocycles. The van der Waals surface area contributed by atoms with Crippen molar-refractivity contribution in [3.8, 4) is 0 Å². The highest BCUT2D eigenvalue weighted by Gasteiger charge is 2.20. The van der Waals surface area contributed by atoms with Crippen molar-refractivity contribution in [3.63, 3.8) is 0 Å². The zero-order valence-electron chi connectivity index (χ0n) is 12.1. The van der Waals surface area contributed by atoms with Crippen LogP contribution in [0.2, 0.25) is 0 Å². The molecule has 1 aliphatic rings. The van der Waals surface area contributed by atoms with E-state index < -0.39 is 0 Å². The minimum Gasteiger partial charge on any atom is -0.392 e. The molecule has 1 aliphatic carbocycles. The lowest BCUT2D eigenvalue weighted by atomic mass is 9.95. The summed E-state index contributed by atoms with van der Waals surface area (Å²) in [5.41, 5.74) is 4.65. The fourth-order valence-corrected chi connectivity index (χ4v) is 3.90. The van der Waals surface area contributed by atoms with Gasteiger partial charge < -0.3 is 10.4 Å². The summed E-state index contributed by atoms with van der Waals surface area (Å²) in [6, 6.07) is 5.63. The standard InChI is InChI=1S/C17H19NO2S/c1-11-6-7-12(9-19)8-15(11)18-17(20)14-10-21-16-5-3-2-4-13(14)16/h6-8,10,19H,2-5,9H2,1H3,(H,18,20). The van der Waals surface area contributed by atoms with Crippen molar-refractivity contribution in [1.82, 2.24) is 0 Å². The van der Waals surface area contributed by atoms with Crippen molar-refractivity contribution in [2.45, 2.75) is 39.2 Å². The Morgan fingerprint density at radius 1 is 1.33 bits per heavy atom. The Hall–Kier alpha value is -1.65. The molecule has 0 bridgehead atoms. The van der Waals surface area contributed by atoms with Crippen molar-refractivity contribution in [1.29, 1.82) is 0 Å². The lowest BCUT2D eigenvalue weighted by Gasteiger charge is -2.14. The predicted molar refractivity (Wildman–Crippen MR) is 86.0 cm³/mol. The number of hydrogen-bond donors (Lipinski definition) is 2. The molecule has 1 aromatic heterocycles. The Balaban J connectivity index is 1.85. The van der Waals surface area contributed by atoms with Crippen molar-refractivity contribution >= 4 is 22.9 Å². The van der Waals surface area contributed by atoms with E-state index in [1.807, 2.05) is 30.5 Å². The van der Waals surface area contributed by atoms with Crippen LogP contribution in [-0.2, 0) is 19.4 Å². The van der Waals surface area contributed by atoms with E-state index in [1.54, 1.807) is 11.3 Å². The summed E-state index contributed by atoms with van der Waals surface area (Å²) in [6.45, 7) is 1.94. The number of hydrogen-bond acceptors (Lipinski definition) is 3. The number of carbonyl (C=O) groups is 1. The molecule has 110 valence electrons. The maximum absolute atomic E-state index is 12.5. The number of aryl methyl sites for hydroxylation is 2. The summed E-state index contributed by atoms with van der Waals surface area (Å²) in [5, 5.41) is 14.2. The van der Waals surface area contributed by atoms with Crippen molar-refractivity contribution in [2.24, 2.45) is 0 Å². The molecule has 0 unspecified atom stereocenters. The van der Waals surface area contributed by atoms with E-state index in [0.29, 0.717) is 0 Å². The van der Waals surface area contributed by atoms with Crippen LogP contribution in [0.1, 0.15) is 44.8 Å². The van der Waals surface area contributed by atoms with Gasteiger partial charge in [0.1, 0.15) is 0 Å². The third kappa shape index (κ3) is 2.87. The van der Waals surface area contributed by atoms with E-state index in [0.717, 1.165) is 35.2 Å². The first-order valence-electron chi connectivity index (χ1n) is 7.30. The average Bonchev–Trinajstić information content (AvgIpc) is 2.93. The molecule has 2 aromatic rings. The smallest absolute Gasteiger partial charge is 0.256 e. The highest BCUT2D eigenvalue weighted by molar-refractivity contribution is 7.10. The zero-order chi connectivity index (χ0) is 14.8. The number of anilines is 1. The van der Waals surface area contributed by atoms with Gasteiger partial charge in [-0.1, -0.05) is 12.1 Å². The van der Waals surface area contributed by atoms with Crippen LogP contribution in [0.25, 0.3) is 0 Å². The third-order valence-corrected chi connectivity index (χ3v) is 5.13. The van der Waals surface area contributed by atoms with Crippen LogP contribution in [0.4, 0.5) is 5.69 Å². The molecule has 3 rings (SSSR count). The number of nitrogens with one attached hydrogen (secondary N) is 1. The van der Waals surface area contributed by atoms with Crippen LogP contribution >= 0.6 is 11.3 Å². The first-order chi connectivity index (χ1) is 10.2. The van der Waals surface area contributed by atoms with Gasteiger partial charge in [-0.15, -0.1) is 11.3 Å². The van der Waals surface area contributed by atoms with Gasteiger partial charge in [0.25, 0.3) is 5.91 Å². The highest BCUT2D eigenvalue weighted by atomic mass is 32.1. The van der Waals surface area contributed by atoms with E-state index >= 15 is 0 Å². The summed E-state index contributed by atoms with van der Waals surface area (Å²) in [6.07, 6.45) is 4.51. The fraction of sp³-hybridized carbons (Fsp3) is 0.353. The molecule has 0 aliphatic heterocycles. The second kappa shape index (κ2) is 6.00. The van der Waals surface area contributed by atoms with Crippen LogP contribution in [0, 0.1) is 6.92 Å². The molecular weight excluding hydrogens is 282 g/mol. The van der Waals surface area contributed by atoms with Crippen LogP contribution in [0.3, 0.4) is 0 Å². The number of fused-ring (bicyclic) bond motifs is 1. The Morgan fingerprint density at radius 2 is 2.14 bits per heavy atom. The number of amides is 1. The van der Waals surface area contributed by atoms with Gasteiger partial charge in [-0.05, 0) is 55.4 Å². The maximum Gasteiger partial charge on any atom is 0.256 e. The normalized spacial score (nSPS) is 13.8. The highest BCUT2D eigenvalue weighted by Crippen LogP contribution is 2.31. The van der Waals surface area contributed by atoms with Crippen LogP contribution < -0.4 is 5.32 Å². The van der Waals surface area contributed by atoms with E-state index in [1.165, 1.54) is 23.3 Å². The van der Waals surface area contributed by atoms with Gasteiger partial charge in [0.2, 0.25) is 0 Å². The topological polar surface area (TPSA) is 49.3 Å². The van der Waals surface area contributed by atoms with Crippen LogP contribution in [0.5, 0.6) is 0 Å². The molecule has 4 heteroatoms. The number of aliphatic hydroxyl groups excluding tert-OH is 1. The molecule has 0 atom stereocenters. The number of rotatable bonds is 3. The predicted octanol–water partition coefficient (Wildman–Crippen LogP) is 3.68. The van der Waals surface area contributed by atoms with Gasteiger partial charge in [-0.2, -0.15) is 0 Å². The summed E-state index contributed by atoms with van der Waals surface area (Å²) >= 11 is 1.70. The van der Waals surface area contributed by atoms with Gasteiger partial charge >= 0.3 is 0 Å². The molecule has 1 amide bonds. The Kier molecular flexibility index (Phi) is 4.08. The van der Waals surface area contributed by atoms with Gasteiger partial charge in [-0.3, -0.25) is 4.79 Å². The second-order valence-corrected chi connectivity index (χ2v) is 6.48. The Labute approximate surface area is 128 Å². The monoisotopic (exact) mass is 301 g/mol. The quantitative estimate of drug-likeness (QED) is 0.908. The fourth-order valence-electron chi connectivity index (χ4n) is 2.78. The number of carbonyl (C=O) groups excluding carboxylic acids is 1. The minimum absolute atomic E-state index is 0.0169. The maximum atomic E-state index is 12.5. The molecule has 0 radical (unpaired) electrons. The van der Waals surface area contributed by atoms with E-state index in [-0.39, 0.29) is 12.5 Å². The molecule has 0 fully saturated rings. The summed E-state index contributed by atoms with van der Waals surface area (Å²) < 4.78 is 0. The SMILES string of the molecule is Cc1ccc(CO)cc1NC(=O)c1csc2c1CCCC2. The average molecular weight is 301 g/mol. The van der Waals surface area contributed by atoms with E-state index in [2.05, 4.69) is 5.32 Å². The number of thiophene rings is 1. The molecular formula is C17H19NO2S. The zero-order valence-corrected chi connectivity index (χ0v) is 12.9. The molecule has 0 saturated carbocycles. The first-order valence-corrected chi connectivity index (χ1v) is 8.18. The van der Waals surface area contributed by atoms with Gasteiger partial charge in [0, 0.05) is 15.9 Å². The summed E-state index contributed by atoms with van der Waals surface area (Å²) in [5.74, 6) is -0.0346. The summed E-state index contributed by atoms with van der Waals surface area (Å²) in [7, 11) is 0. The molecule has 3 nitrogen and oxygen atoms in total. The molecule has 21 heavy (non-hydrogen) atoms. The third-order valence-electron chi connectivity index (χ3n) is 4.04. The number of benzene rings is 1. The molecule has 0 spiro atoms. The Bertz CT molecular complexity index is 675. The van der Waals surface area contributed by atoms with E-state index in [9.17, 15) is 9.90 Å². The van der Waals surface area contributed by atoms with Crippen molar-refractivity contribution < 1.29 is 9.90 Å². The second-order valence-electron chi connectivity index (χ2n) is 5.52. The van der Waals surface area contributed by atoms with Gasteiger partial charge in [0.15, 0.2) is 0 Å². The molecule has 2 N–H and O–H groups in total. The largest absolute Gasteiger partial charge is 0.392 e. The minimum atomic E-state index is -0.0346. The van der Waals surface area contributed by atoms with Gasteiger partial charge in [-0.25, -0.2) is 0 Å². The van der Waals surface area contributed by atoms with E-state index in [4.69, 9.17) is 0 Å². The van der Waals surface area contributed by atoms with Crippen LogP contribution in [-0.4, -0.2) is 11.0 Å².